The fourth-order valence-corrected chi connectivity index (χ4v) is 3.20. The smallest absolute Gasteiger partial charge is 0.318 e. The lowest BCUT2D eigenvalue weighted by Gasteiger charge is -2.25. The SMILES string of the molecule is O=C(O)C(C(=O)O)C1CCc2c([nH]c3ccccc23)C1. The van der Waals surface area contributed by atoms with Crippen molar-refractivity contribution in [3.8, 4) is 0 Å². The Morgan fingerprint density at radius 2 is 1.90 bits per heavy atom. The number of aromatic nitrogens is 1. The molecular formula is C15H15NO4. The Morgan fingerprint density at radius 1 is 1.20 bits per heavy atom. The summed E-state index contributed by atoms with van der Waals surface area (Å²) in [6.45, 7) is 0. The molecule has 3 N–H and O–H groups in total. The van der Waals surface area contributed by atoms with Crippen LogP contribution in [0, 0.1) is 11.8 Å². The first kappa shape index (κ1) is 12.7. The Labute approximate surface area is 115 Å². The van der Waals surface area contributed by atoms with E-state index in [-0.39, 0.29) is 5.92 Å². The van der Waals surface area contributed by atoms with E-state index in [0.717, 1.165) is 23.0 Å². The molecule has 0 amide bonds. The van der Waals surface area contributed by atoms with Crippen molar-refractivity contribution in [2.75, 3.05) is 0 Å². The number of carboxylic acids is 2. The number of aromatic amines is 1. The number of benzene rings is 1. The number of hydrogen-bond acceptors (Lipinski definition) is 2. The maximum absolute atomic E-state index is 11.1. The van der Waals surface area contributed by atoms with Crippen molar-refractivity contribution in [3.05, 3.63) is 35.5 Å². The van der Waals surface area contributed by atoms with E-state index >= 15 is 0 Å². The van der Waals surface area contributed by atoms with Gasteiger partial charge in [0.25, 0.3) is 0 Å². The number of fused-ring (bicyclic) bond motifs is 3. The quantitative estimate of drug-likeness (QED) is 0.746. The van der Waals surface area contributed by atoms with E-state index in [1.807, 2.05) is 24.3 Å². The number of carboxylic acid groups (broad SMARTS) is 2. The molecule has 1 unspecified atom stereocenters. The molecule has 1 heterocycles. The number of hydrogen-bond donors (Lipinski definition) is 3. The van der Waals surface area contributed by atoms with E-state index in [0.29, 0.717) is 12.8 Å². The molecule has 0 spiro atoms. The topological polar surface area (TPSA) is 90.4 Å². The average Bonchev–Trinajstić information content (AvgIpc) is 2.75. The summed E-state index contributed by atoms with van der Waals surface area (Å²) < 4.78 is 0. The van der Waals surface area contributed by atoms with Crippen molar-refractivity contribution in [1.82, 2.24) is 4.98 Å². The number of nitrogens with one attached hydrogen (secondary N) is 1. The third kappa shape index (κ3) is 1.95. The van der Waals surface area contributed by atoms with Gasteiger partial charge in [0.15, 0.2) is 5.92 Å². The molecule has 0 bridgehead atoms. The number of para-hydroxylation sites is 1. The van der Waals surface area contributed by atoms with Gasteiger partial charge in [0.05, 0.1) is 0 Å². The predicted molar refractivity (Wildman–Crippen MR) is 72.6 cm³/mol. The summed E-state index contributed by atoms with van der Waals surface area (Å²) in [6.07, 6.45) is 1.80. The first-order valence-corrected chi connectivity index (χ1v) is 6.62. The second kappa shape index (κ2) is 4.67. The molecule has 0 fully saturated rings. The molecule has 104 valence electrons. The summed E-state index contributed by atoms with van der Waals surface area (Å²) in [7, 11) is 0. The Kier molecular flexibility index (Phi) is 2.97. The van der Waals surface area contributed by atoms with Crippen LogP contribution in [-0.4, -0.2) is 27.1 Å². The molecule has 1 aliphatic rings. The molecule has 5 nitrogen and oxygen atoms in total. The van der Waals surface area contributed by atoms with Gasteiger partial charge in [-0.15, -0.1) is 0 Å². The zero-order chi connectivity index (χ0) is 14.3. The molecule has 1 aromatic carbocycles. The lowest BCUT2D eigenvalue weighted by atomic mass is 9.79. The zero-order valence-corrected chi connectivity index (χ0v) is 10.8. The van der Waals surface area contributed by atoms with Gasteiger partial charge in [0.1, 0.15) is 0 Å². The molecule has 0 saturated carbocycles. The van der Waals surface area contributed by atoms with E-state index in [2.05, 4.69) is 4.98 Å². The van der Waals surface area contributed by atoms with Gasteiger partial charge in [0.2, 0.25) is 0 Å². The van der Waals surface area contributed by atoms with Gasteiger partial charge >= 0.3 is 11.9 Å². The second-order valence-electron chi connectivity index (χ2n) is 5.28. The number of aliphatic carboxylic acids is 2. The number of carbonyl (C=O) groups is 2. The molecule has 20 heavy (non-hydrogen) atoms. The van der Waals surface area contributed by atoms with Crippen LogP contribution in [-0.2, 0) is 22.4 Å². The van der Waals surface area contributed by atoms with E-state index in [9.17, 15) is 9.59 Å². The third-order valence-electron chi connectivity index (χ3n) is 4.14. The van der Waals surface area contributed by atoms with Crippen molar-refractivity contribution in [2.24, 2.45) is 11.8 Å². The summed E-state index contributed by atoms with van der Waals surface area (Å²) in [5.74, 6) is -4.18. The minimum atomic E-state index is -1.32. The van der Waals surface area contributed by atoms with Crippen LogP contribution in [0.1, 0.15) is 17.7 Å². The fraction of sp³-hybridized carbons (Fsp3) is 0.333. The van der Waals surface area contributed by atoms with Gasteiger partial charge in [-0.1, -0.05) is 18.2 Å². The molecule has 3 rings (SSSR count). The van der Waals surface area contributed by atoms with E-state index in [4.69, 9.17) is 10.2 Å². The number of rotatable bonds is 3. The van der Waals surface area contributed by atoms with Crippen LogP contribution in [0.5, 0.6) is 0 Å². The Bertz CT molecular complexity index is 674. The van der Waals surface area contributed by atoms with Crippen LogP contribution >= 0.6 is 0 Å². The zero-order valence-electron chi connectivity index (χ0n) is 10.8. The minimum absolute atomic E-state index is 0.356. The molecule has 2 aromatic rings. The number of aryl methyl sites for hydroxylation is 1. The highest BCUT2D eigenvalue weighted by Crippen LogP contribution is 2.34. The van der Waals surface area contributed by atoms with Crippen LogP contribution in [0.4, 0.5) is 0 Å². The first-order valence-electron chi connectivity index (χ1n) is 6.62. The molecular weight excluding hydrogens is 258 g/mol. The Balaban J connectivity index is 1.96. The first-order chi connectivity index (χ1) is 9.58. The van der Waals surface area contributed by atoms with Crippen molar-refractivity contribution in [3.63, 3.8) is 0 Å². The van der Waals surface area contributed by atoms with Gasteiger partial charge in [-0.05, 0) is 36.8 Å². The van der Waals surface area contributed by atoms with Gasteiger partial charge in [0, 0.05) is 16.6 Å². The summed E-state index contributed by atoms with van der Waals surface area (Å²) in [4.78, 5) is 25.6. The maximum Gasteiger partial charge on any atom is 0.318 e. The maximum atomic E-state index is 11.1. The van der Waals surface area contributed by atoms with Gasteiger partial charge in [-0.25, -0.2) is 0 Å². The highest BCUT2D eigenvalue weighted by Gasteiger charge is 2.37. The standard InChI is InChI=1S/C15H15NO4/c17-14(18)13(15(19)20)8-5-6-10-9-3-1-2-4-11(9)16-12(10)7-8/h1-4,8,13,16H,5-7H2,(H,17,18)(H,19,20). The van der Waals surface area contributed by atoms with Crippen LogP contribution in [0.2, 0.25) is 0 Å². The average molecular weight is 273 g/mol. The summed E-state index contributed by atoms with van der Waals surface area (Å²) in [6, 6.07) is 7.93. The predicted octanol–water partition coefficient (Wildman–Crippen LogP) is 2.06. The Morgan fingerprint density at radius 3 is 2.60 bits per heavy atom. The second-order valence-corrected chi connectivity index (χ2v) is 5.28. The molecule has 1 aromatic heterocycles. The summed E-state index contributed by atoms with van der Waals surface area (Å²) in [5.41, 5.74) is 3.21. The molecule has 0 saturated heterocycles. The van der Waals surface area contributed by atoms with Crippen molar-refractivity contribution >= 4 is 22.8 Å². The largest absolute Gasteiger partial charge is 0.481 e. The molecule has 1 aliphatic carbocycles. The van der Waals surface area contributed by atoms with Crippen LogP contribution < -0.4 is 0 Å². The highest BCUT2D eigenvalue weighted by molar-refractivity contribution is 5.93. The van der Waals surface area contributed by atoms with Crippen molar-refractivity contribution in [1.29, 1.82) is 0 Å². The molecule has 1 atom stereocenters. The molecule has 0 radical (unpaired) electrons. The van der Waals surface area contributed by atoms with Crippen molar-refractivity contribution in [2.45, 2.75) is 19.3 Å². The Hall–Kier alpha value is -2.30. The lowest BCUT2D eigenvalue weighted by molar-refractivity contribution is -0.157. The van der Waals surface area contributed by atoms with Crippen molar-refractivity contribution < 1.29 is 19.8 Å². The fourth-order valence-electron chi connectivity index (χ4n) is 3.20. The lowest BCUT2D eigenvalue weighted by Crippen LogP contribution is -2.34. The van der Waals surface area contributed by atoms with Gasteiger partial charge < -0.3 is 15.2 Å². The van der Waals surface area contributed by atoms with Gasteiger partial charge in [-0.2, -0.15) is 0 Å². The highest BCUT2D eigenvalue weighted by atomic mass is 16.4. The normalized spacial score (nSPS) is 18.1. The monoisotopic (exact) mass is 273 g/mol. The van der Waals surface area contributed by atoms with Gasteiger partial charge in [-0.3, -0.25) is 9.59 Å². The van der Waals surface area contributed by atoms with Crippen LogP contribution in [0.15, 0.2) is 24.3 Å². The molecule has 0 aliphatic heterocycles. The third-order valence-corrected chi connectivity index (χ3v) is 4.14. The van der Waals surface area contributed by atoms with Crippen LogP contribution in [0.25, 0.3) is 10.9 Å². The summed E-state index contributed by atoms with van der Waals surface area (Å²) >= 11 is 0. The minimum Gasteiger partial charge on any atom is -0.481 e. The summed E-state index contributed by atoms with van der Waals surface area (Å²) in [5, 5.41) is 19.3. The number of H-pyrrole nitrogens is 1. The van der Waals surface area contributed by atoms with Crippen LogP contribution in [0.3, 0.4) is 0 Å². The molecule has 5 heteroatoms. The van der Waals surface area contributed by atoms with E-state index in [1.165, 1.54) is 5.56 Å². The van der Waals surface area contributed by atoms with E-state index < -0.39 is 17.9 Å². The van der Waals surface area contributed by atoms with E-state index in [1.54, 1.807) is 0 Å².